The summed E-state index contributed by atoms with van der Waals surface area (Å²) in [4.78, 5) is 26.6. The predicted octanol–water partition coefficient (Wildman–Crippen LogP) is -2.52. The summed E-state index contributed by atoms with van der Waals surface area (Å²) in [6.45, 7) is 0.105. The van der Waals surface area contributed by atoms with Crippen LogP contribution in [0, 0.1) is 6.92 Å². The highest BCUT2D eigenvalue weighted by atomic mass is 16.7. The summed E-state index contributed by atoms with van der Waals surface area (Å²) in [7, 11) is 0. The second-order valence-electron chi connectivity index (χ2n) is 10.2. The molecule has 2 aromatic rings. The number of benzene rings is 2. The van der Waals surface area contributed by atoms with Crippen LogP contribution in [0.15, 0.2) is 30.3 Å². The molecule has 41 heavy (non-hydrogen) atoms. The Labute approximate surface area is 232 Å². The predicted molar refractivity (Wildman–Crippen MR) is 133 cm³/mol. The summed E-state index contributed by atoms with van der Waals surface area (Å²) in [5, 5.41) is 81.8. The maximum absolute atomic E-state index is 13.4. The molecule has 0 bridgehead atoms. The number of aliphatic hydroxyl groups excluding tert-OH is 7. The minimum atomic E-state index is -1.88. The molecule has 0 aromatic heterocycles. The largest absolute Gasteiger partial charge is 0.507 e. The van der Waals surface area contributed by atoms with Crippen molar-refractivity contribution in [3.05, 3.63) is 58.1 Å². The first-order valence-corrected chi connectivity index (χ1v) is 12.8. The van der Waals surface area contributed by atoms with Gasteiger partial charge in [0.15, 0.2) is 12.1 Å². The molecule has 1 aliphatic carbocycles. The lowest BCUT2D eigenvalue weighted by atomic mass is 9.82. The Bertz CT molecular complexity index is 1330. The molecule has 2 saturated heterocycles. The molecule has 0 amide bonds. The summed E-state index contributed by atoms with van der Waals surface area (Å²) in [5.74, 6) is -1.84. The Morgan fingerprint density at radius 3 is 2.10 bits per heavy atom. The molecule has 2 aliphatic heterocycles. The van der Waals surface area contributed by atoms with Gasteiger partial charge in [0.25, 0.3) is 0 Å². The first-order valence-electron chi connectivity index (χ1n) is 12.8. The average molecular weight is 579 g/mol. The second-order valence-corrected chi connectivity index (χ2v) is 10.2. The van der Waals surface area contributed by atoms with Gasteiger partial charge in [0, 0.05) is 11.1 Å². The molecule has 0 spiro atoms. The summed E-state index contributed by atoms with van der Waals surface area (Å²) in [6.07, 6.45) is -16.7. The van der Waals surface area contributed by atoms with E-state index in [0.717, 1.165) is 0 Å². The zero-order valence-corrected chi connectivity index (χ0v) is 21.6. The standard InChI is InChI=1S/C27H30O14/c1-9-5-11-17(20(33)16-10(18(11)31)3-2-4-12(16)30)13(6-9)38-26-24(37)22(35)25(15(8-29)40-26)41-27-23(36)21(34)19(32)14(7-28)39-27/h2-6,14-15,19,21-30,32,34-37H,7-8H2,1H3. The van der Waals surface area contributed by atoms with Gasteiger partial charge in [-0.1, -0.05) is 12.1 Å². The quantitative estimate of drug-likeness (QED) is 0.151. The van der Waals surface area contributed by atoms with E-state index in [1.807, 2.05) is 0 Å². The SMILES string of the molecule is Cc1cc(OC2OC(CO)C(OC3OC(CO)C(O)C(O)C3O)C(O)C2O)c2c(c1)C(=O)c1cccc(O)c1C2=O. The first kappa shape index (κ1) is 29.5. The molecule has 2 heterocycles. The van der Waals surface area contributed by atoms with Gasteiger partial charge in [-0.3, -0.25) is 9.59 Å². The van der Waals surface area contributed by atoms with Gasteiger partial charge in [0.1, 0.15) is 60.3 Å². The summed E-state index contributed by atoms with van der Waals surface area (Å²) >= 11 is 0. The molecular formula is C27H30O14. The fourth-order valence-electron chi connectivity index (χ4n) is 5.28. The van der Waals surface area contributed by atoms with Crippen LogP contribution >= 0.6 is 0 Å². The number of rotatable bonds is 6. The van der Waals surface area contributed by atoms with Gasteiger partial charge in [-0.15, -0.1) is 0 Å². The lowest BCUT2D eigenvalue weighted by Gasteiger charge is -2.46. The fraction of sp³-hybridized carbons (Fsp3) is 0.481. The maximum atomic E-state index is 13.4. The van der Waals surface area contributed by atoms with Crippen molar-refractivity contribution < 1.29 is 69.4 Å². The number of hydrogen-bond donors (Lipinski definition) is 8. The van der Waals surface area contributed by atoms with Crippen LogP contribution in [0.3, 0.4) is 0 Å². The highest BCUT2D eigenvalue weighted by molar-refractivity contribution is 6.30. The third-order valence-corrected chi connectivity index (χ3v) is 7.44. The van der Waals surface area contributed by atoms with Crippen molar-refractivity contribution in [3.63, 3.8) is 0 Å². The molecule has 5 rings (SSSR count). The lowest BCUT2D eigenvalue weighted by molar-refractivity contribution is -0.352. The van der Waals surface area contributed by atoms with Gasteiger partial charge < -0.3 is 59.8 Å². The van der Waals surface area contributed by atoms with Crippen molar-refractivity contribution in [2.45, 2.75) is 68.3 Å². The minimum absolute atomic E-state index is 0.00326. The van der Waals surface area contributed by atoms with E-state index in [1.54, 1.807) is 6.92 Å². The van der Waals surface area contributed by atoms with Gasteiger partial charge in [0.2, 0.25) is 12.1 Å². The van der Waals surface area contributed by atoms with Crippen molar-refractivity contribution in [1.82, 2.24) is 0 Å². The highest BCUT2D eigenvalue weighted by Crippen LogP contribution is 2.39. The zero-order valence-electron chi connectivity index (χ0n) is 21.6. The molecule has 3 aliphatic rings. The van der Waals surface area contributed by atoms with E-state index < -0.39 is 91.9 Å². The number of ketones is 2. The van der Waals surface area contributed by atoms with Crippen LogP contribution in [0.1, 0.15) is 37.4 Å². The first-order chi connectivity index (χ1) is 19.5. The van der Waals surface area contributed by atoms with Crippen LogP contribution in [0.5, 0.6) is 11.5 Å². The van der Waals surface area contributed by atoms with Crippen LogP contribution in [0.4, 0.5) is 0 Å². The highest BCUT2D eigenvalue weighted by Gasteiger charge is 2.51. The van der Waals surface area contributed by atoms with Gasteiger partial charge in [-0.05, 0) is 30.7 Å². The molecule has 10 unspecified atom stereocenters. The molecule has 14 heteroatoms. The van der Waals surface area contributed by atoms with E-state index in [2.05, 4.69) is 0 Å². The van der Waals surface area contributed by atoms with E-state index in [-0.39, 0.29) is 28.0 Å². The van der Waals surface area contributed by atoms with E-state index >= 15 is 0 Å². The molecule has 2 fully saturated rings. The number of aromatic hydroxyl groups is 1. The number of carbonyl (C=O) groups excluding carboxylic acids is 2. The Balaban J connectivity index is 1.41. The number of hydrogen-bond acceptors (Lipinski definition) is 14. The molecule has 0 radical (unpaired) electrons. The summed E-state index contributed by atoms with van der Waals surface area (Å²) in [5.41, 5.74) is 0.107. The van der Waals surface area contributed by atoms with Gasteiger partial charge in [-0.25, -0.2) is 0 Å². The van der Waals surface area contributed by atoms with Gasteiger partial charge >= 0.3 is 0 Å². The van der Waals surface area contributed by atoms with Crippen molar-refractivity contribution in [2.75, 3.05) is 13.2 Å². The minimum Gasteiger partial charge on any atom is -0.507 e. The number of aliphatic hydroxyl groups is 7. The van der Waals surface area contributed by atoms with Crippen LogP contribution in [0.2, 0.25) is 0 Å². The molecule has 2 aromatic carbocycles. The van der Waals surface area contributed by atoms with E-state index in [0.29, 0.717) is 5.56 Å². The molecule has 222 valence electrons. The van der Waals surface area contributed by atoms with E-state index in [4.69, 9.17) is 18.9 Å². The Kier molecular flexibility index (Phi) is 8.15. The van der Waals surface area contributed by atoms with Gasteiger partial charge in [0.05, 0.1) is 24.3 Å². The maximum Gasteiger partial charge on any atom is 0.229 e. The smallest absolute Gasteiger partial charge is 0.229 e. The van der Waals surface area contributed by atoms with E-state index in [1.165, 1.54) is 30.3 Å². The summed E-state index contributed by atoms with van der Waals surface area (Å²) in [6, 6.07) is 6.98. The number of carbonyl (C=O) groups is 2. The molecule has 10 atom stereocenters. The fourth-order valence-corrected chi connectivity index (χ4v) is 5.28. The monoisotopic (exact) mass is 578 g/mol. The Morgan fingerprint density at radius 2 is 1.41 bits per heavy atom. The number of aryl methyl sites for hydroxylation is 1. The summed E-state index contributed by atoms with van der Waals surface area (Å²) < 4.78 is 22.3. The number of ether oxygens (including phenoxy) is 4. The van der Waals surface area contributed by atoms with Crippen molar-refractivity contribution >= 4 is 11.6 Å². The Hall–Kier alpha value is -3.02. The normalized spacial score (nSPS) is 35.1. The van der Waals surface area contributed by atoms with Crippen molar-refractivity contribution in [1.29, 1.82) is 0 Å². The third kappa shape index (κ3) is 5.02. The molecule has 8 N–H and O–H groups in total. The van der Waals surface area contributed by atoms with E-state index in [9.17, 15) is 50.4 Å². The molecular weight excluding hydrogens is 548 g/mol. The second kappa shape index (κ2) is 11.3. The number of phenolic OH excluding ortho intramolecular Hbond substituents is 1. The van der Waals surface area contributed by atoms with Crippen LogP contribution in [-0.4, -0.2) is 127 Å². The molecule has 0 saturated carbocycles. The molecule has 14 nitrogen and oxygen atoms in total. The lowest BCUT2D eigenvalue weighted by Crippen LogP contribution is -2.65. The van der Waals surface area contributed by atoms with Crippen LogP contribution in [-0.2, 0) is 14.2 Å². The zero-order chi connectivity index (χ0) is 29.7. The number of phenols is 1. The van der Waals surface area contributed by atoms with Crippen molar-refractivity contribution in [3.8, 4) is 11.5 Å². The van der Waals surface area contributed by atoms with Crippen LogP contribution < -0.4 is 4.74 Å². The van der Waals surface area contributed by atoms with Crippen LogP contribution in [0.25, 0.3) is 0 Å². The van der Waals surface area contributed by atoms with Crippen molar-refractivity contribution in [2.24, 2.45) is 0 Å². The average Bonchev–Trinajstić information content (AvgIpc) is 2.95. The number of fused-ring (bicyclic) bond motifs is 2. The third-order valence-electron chi connectivity index (χ3n) is 7.44. The topological polar surface area (TPSA) is 233 Å². The Morgan fingerprint density at radius 1 is 0.756 bits per heavy atom. The van der Waals surface area contributed by atoms with Gasteiger partial charge in [-0.2, -0.15) is 0 Å².